The molecule has 2 rings (SSSR count). The second-order valence-corrected chi connectivity index (χ2v) is 3.70. The van der Waals surface area contributed by atoms with Crippen LogP contribution in [0.2, 0.25) is 0 Å². The van der Waals surface area contributed by atoms with Gasteiger partial charge in [-0.1, -0.05) is 0 Å². The minimum Gasteiger partial charge on any atom is -0.282 e. The van der Waals surface area contributed by atoms with Gasteiger partial charge in [0.25, 0.3) is 0 Å². The van der Waals surface area contributed by atoms with Crippen LogP contribution in [0.1, 0.15) is 12.8 Å². The molecular weight excluding hydrogens is 178 g/mol. The van der Waals surface area contributed by atoms with E-state index in [1.165, 1.54) is 4.90 Å². The zero-order valence-corrected chi connectivity index (χ0v) is 7.38. The van der Waals surface area contributed by atoms with Crippen molar-refractivity contribution in [3.05, 3.63) is 0 Å². The van der Waals surface area contributed by atoms with Crippen LogP contribution in [0.25, 0.3) is 0 Å². The lowest BCUT2D eigenvalue weighted by atomic mass is 10.3. The summed E-state index contributed by atoms with van der Waals surface area (Å²) in [7, 11) is 0. The number of nitrogens with zero attached hydrogens (tertiary/aromatic N) is 1. The highest BCUT2D eigenvalue weighted by molar-refractivity contribution is 6.17. The summed E-state index contributed by atoms with van der Waals surface area (Å²) < 4.78 is 0. The van der Waals surface area contributed by atoms with Gasteiger partial charge < -0.3 is 0 Å². The zero-order valence-electron chi connectivity index (χ0n) is 6.62. The Balaban J connectivity index is 1.97. The van der Waals surface area contributed by atoms with Crippen molar-refractivity contribution in [3.63, 3.8) is 0 Å². The molecule has 0 aromatic heterocycles. The van der Waals surface area contributed by atoms with Crippen LogP contribution >= 0.6 is 11.6 Å². The summed E-state index contributed by atoms with van der Waals surface area (Å²) in [6.07, 6.45) is 1.49. The molecule has 0 aromatic rings. The molecule has 66 valence electrons. The van der Waals surface area contributed by atoms with Crippen molar-refractivity contribution in [2.45, 2.75) is 12.8 Å². The first-order valence-corrected chi connectivity index (χ1v) is 4.70. The number of carbonyl (C=O) groups excluding carboxylic acids is 2. The molecule has 0 N–H and O–H groups in total. The first-order chi connectivity index (χ1) is 5.75. The number of halogens is 1. The Kier molecular flexibility index (Phi) is 1.83. The van der Waals surface area contributed by atoms with E-state index in [1.807, 2.05) is 0 Å². The Morgan fingerprint density at radius 3 is 2.42 bits per heavy atom. The Morgan fingerprint density at radius 2 is 1.92 bits per heavy atom. The number of carbonyl (C=O) groups is 2. The van der Waals surface area contributed by atoms with Gasteiger partial charge in [-0.3, -0.25) is 14.5 Å². The van der Waals surface area contributed by atoms with Gasteiger partial charge in [0.15, 0.2) is 0 Å². The fourth-order valence-corrected chi connectivity index (χ4v) is 1.81. The van der Waals surface area contributed by atoms with Crippen LogP contribution < -0.4 is 0 Å². The van der Waals surface area contributed by atoms with Crippen LogP contribution in [-0.2, 0) is 9.59 Å². The maximum atomic E-state index is 11.3. The van der Waals surface area contributed by atoms with Crippen molar-refractivity contribution in [3.8, 4) is 0 Å². The lowest BCUT2D eigenvalue weighted by molar-refractivity contribution is -0.141. The minimum atomic E-state index is 0.0233. The van der Waals surface area contributed by atoms with Crippen LogP contribution in [0.4, 0.5) is 0 Å². The van der Waals surface area contributed by atoms with Gasteiger partial charge >= 0.3 is 0 Å². The van der Waals surface area contributed by atoms with E-state index in [0.29, 0.717) is 18.8 Å². The third kappa shape index (κ3) is 1.04. The average Bonchev–Trinajstić information content (AvgIpc) is 2.78. The molecule has 1 saturated heterocycles. The summed E-state index contributed by atoms with van der Waals surface area (Å²) in [6.45, 7) is 0.508. The van der Waals surface area contributed by atoms with Gasteiger partial charge in [-0.2, -0.15) is 0 Å². The summed E-state index contributed by atoms with van der Waals surface area (Å²) in [5.74, 6) is 0.623. The number of amides is 2. The molecule has 0 radical (unpaired) electrons. The fourth-order valence-electron chi connectivity index (χ4n) is 1.69. The third-order valence-electron chi connectivity index (χ3n) is 2.47. The number of hydrogen-bond donors (Lipinski definition) is 0. The van der Waals surface area contributed by atoms with Crippen molar-refractivity contribution in [2.24, 2.45) is 11.8 Å². The standard InChI is InChI=1S/C8H10ClNO2/c9-2-1-3-10-7(11)5-4-6(5)8(10)12/h5-6H,1-4H2. The molecule has 4 heteroatoms. The van der Waals surface area contributed by atoms with Gasteiger partial charge in [-0.15, -0.1) is 11.6 Å². The van der Waals surface area contributed by atoms with E-state index in [-0.39, 0.29) is 23.7 Å². The van der Waals surface area contributed by atoms with Gasteiger partial charge in [-0.25, -0.2) is 0 Å². The second-order valence-electron chi connectivity index (χ2n) is 3.32. The van der Waals surface area contributed by atoms with Crippen molar-refractivity contribution in [1.82, 2.24) is 4.90 Å². The van der Waals surface area contributed by atoms with Crippen molar-refractivity contribution >= 4 is 23.4 Å². The van der Waals surface area contributed by atoms with Crippen LogP contribution in [0, 0.1) is 11.8 Å². The maximum Gasteiger partial charge on any atom is 0.233 e. The molecule has 1 saturated carbocycles. The molecule has 1 heterocycles. The first kappa shape index (κ1) is 8.05. The van der Waals surface area contributed by atoms with Crippen LogP contribution in [0.3, 0.4) is 0 Å². The third-order valence-corrected chi connectivity index (χ3v) is 2.74. The maximum absolute atomic E-state index is 11.3. The fraction of sp³-hybridized carbons (Fsp3) is 0.750. The van der Waals surface area contributed by atoms with Crippen LogP contribution in [-0.4, -0.2) is 29.1 Å². The molecular formula is C8H10ClNO2. The smallest absolute Gasteiger partial charge is 0.233 e. The zero-order chi connectivity index (χ0) is 8.72. The quantitative estimate of drug-likeness (QED) is 0.480. The minimum absolute atomic E-state index is 0.0233. The molecule has 1 aliphatic carbocycles. The lowest BCUT2D eigenvalue weighted by Crippen LogP contribution is -2.33. The van der Waals surface area contributed by atoms with E-state index in [1.54, 1.807) is 0 Å². The molecule has 3 nitrogen and oxygen atoms in total. The Morgan fingerprint density at radius 1 is 1.33 bits per heavy atom. The van der Waals surface area contributed by atoms with Crippen LogP contribution in [0.15, 0.2) is 0 Å². The highest BCUT2D eigenvalue weighted by atomic mass is 35.5. The van der Waals surface area contributed by atoms with Crippen molar-refractivity contribution in [2.75, 3.05) is 12.4 Å². The SMILES string of the molecule is O=C1C2CC2C(=O)N1CCCCl. The molecule has 0 aromatic carbocycles. The summed E-state index contributed by atoms with van der Waals surface area (Å²) in [6, 6.07) is 0. The molecule has 2 fully saturated rings. The van der Waals surface area contributed by atoms with Gasteiger partial charge in [0.2, 0.25) is 11.8 Å². The summed E-state index contributed by atoms with van der Waals surface area (Å²) >= 11 is 5.47. The Labute approximate surface area is 75.7 Å². The van der Waals surface area contributed by atoms with Gasteiger partial charge in [0.05, 0.1) is 11.8 Å². The molecule has 1 aliphatic heterocycles. The summed E-state index contributed by atoms with van der Waals surface area (Å²) in [4.78, 5) is 24.0. The highest BCUT2D eigenvalue weighted by Gasteiger charge is 2.58. The van der Waals surface area contributed by atoms with Gasteiger partial charge in [0.1, 0.15) is 0 Å². The number of imide groups is 1. The monoisotopic (exact) mass is 187 g/mol. The molecule has 12 heavy (non-hydrogen) atoms. The van der Waals surface area contributed by atoms with Crippen LogP contribution in [0.5, 0.6) is 0 Å². The molecule has 0 spiro atoms. The largest absolute Gasteiger partial charge is 0.282 e. The Bertz CT molecular complexity index is 221. The topological polar surface area (TPSA) is 37.4 Å². The number of hydrogen-bond acceptors (Lipinski definition) is 2. The Hall–Kier alpha value is -0.570. The first-order valence-electron chi connectivity index (χ1n) is 4.17. The molecule has 2 unspecified atom stereocenters. The van der Waals surface area contributed by atoms with E-state index < -0.39 is 0 Å². The van der Waals surface area contributed by atoms with E-state index in [2.05, 4.69) is 0 Å². The van der Waals surface area contributed by atoms with Gasteiger partial charge in [0, 0.05) is 12.4 Å². The number of rotatable bonds is 3. The molecule has 2 atom stereocenters. The molecule has 2 aliphatic rings. The van der Waals surface area contributed by atoms with Gasteiger partial charge in [-0.05, 0) is 12.8 Å². The summed E-state index contributed by atoms with van der Waals surface area (Å²) in [5, 5.41) is 0. The van der Waals surface area contributed by atoms with Crippen molar-refractivity contribution in [1.29, 1.82) is 0 Å². The van der Waals surface area contributed by atoms with E-state index >= 15 is 0 Å². The second kappa shape index (κ2) is 2.73. The van der Waals surface area contributed by atoms with Crippen molar-refractivity contribution < 1.29 is 9.59 Å². The molecule has 2 amide bonds. The predicted molar refractivity (Wildman–Crippen MR) is 43.7 cm³/mol. The van der Waals surface area contributed by atoms with E-state index in [4.69, 9.17) is 11.6 Å². The lowest BCUT2D eigenvalue weighted by Gasteiger charge is -2.14. The number of piperidine rings is 1. The predicted octanol–water partition coefficient (Wildman–Crippen LogP) is 0.620. The number of alkyl halides is 1. The molecule has 0 bridgehead atoms. The highest BCUT2D eigenvalue weighted by Crippen LogP contribution is 2.46. The van der Waals surface area contributed by atoms with E-state index in [9.17, 15) is 9.59 Å². The number of fused-ring (bicyclic) bond motifs is 1. The average molecular weight is 188 g/mol. The summed E-state index contributed by atoms with van der Waals surface area (Å²) in [5.41, 5.74) is 0. The van der Waals surface area contributed by atoms with E-state index in [0.717, 1.165) is 6.42 Å². The number of likely N-dealkylation sites (tertiary alicyclic amines) is 1. The normalized spacial score (nSPS) is 32.6.